The fourth-order valence-corrected chi connectivity index (χ4v) is 2.69. The molecule has 2 fully saturated rings. The molecule has 0 saturated carbocycles. The zero-order valence-electron chi connectivity index (χ0n) is 12.9. The van der Waals surface area contributed by atoms with Gasteiger partial charge in [-0.3, -0.25) is 0 Å². The largest absolute Gasteiger partial charge is 0.394 e. The molecule has 144 valence electrons. The van der Waals surface area contributed by atoms with E-state index in [1.54, 1.807) is 0 Å². The highest BCUT2D eigenvalue weighted by Gasteiger charge is 2.49. The molecule has 13 nitrogen and oxygen atoms in total. The summed E-state index contributed by atoms with van der Waals surface area (Å²) in [5.74, 6) is 0. The van der Waals surface area contributed by atoms with Gasteiger partial charge in [-0.15, -0.1) is 0 Å². The molecule has 2 rings (SSSR count). The maximum absolute atomic E-state index is 10.0. The molecule has 2 aliphatic heterocycles. The fourth-order valence-electron chi connectivity index (χ4n) is 2.69. The highest BCUT2D eigenvalue weighted by Crippen LogP contribution is 2.29. The predicted molar refractivity (Wildman–Crippen MR) is 75.5 cm³/mol. The number of rotatable bonds is 5. The second-order valence-corrected chi connectivity index (χ2v) is 5.74. The van der Waals surface area contributed by atoms with Crippen LogP contribution in [0.25, 0.3) is 10.4 Å². The summed E-state index contributed by atoms with van der Waals surface area (Å²) >= 11 is 0. The van der Waals surface area contributed by atoms with Crippen molar-refractivity contribution in [2.75, 3.05) is 13.2 Å². The Kier molecular flexibility index (Phi) is 6.90. The summed E-state index contributed by atoms with van der Waals surface area (Å²) in [6.45, 7) is -1.35. The molecule has 5 unspecified atom stereocenters. The van der Waals surface area contributed by atoms with Gasteiger partial charge in [-0.25, -0.2) is 0 Å². The third kappa shape index (κ3) is 4.02. The molecular formula is C12H21N3O10. The Hall–Kier alpha value is -1.09. The number of ether oxygens (including phenoxy) is 3. The highest BCUT2D eigenvalue weighted by atomic mass is 16.8. The van der Waals surface area contributed by atoms with Crippen molar-refractivity contribution >= 4 is 0 Å². The van der Waals surface area contributed by atoms with Gasteiger partial charge in [0, 0.05) is 4.91 Å². The van der Waals surface area contributed by atoms with Gasteiger partial charge in [-0.2, -0.15) is 0 Å². The van der Waals surface area contributed by atoms with Crippen molar-refractivity contribution in [2.24, 2.45) is 5.11 Å². The maximum atomic E-state index is 10.0. The smallest absolute Gasteiger partial charge is 0.189 e. The highest BCUT2D eigenvalue weighted by molar-refractivity contribution is 4.95. The van der Waals surface area contributed by atoms with E-state index in [-0.39, 0.29) is 0 Å². The topological polar surface area (TPSA) is 218 Å². The van der Waals surface area contributed by atoms with Crippen molar-refractivity contribution in [1.82, 2.24) is 0 Å². The summed E-state index contributed by atoms with van der Waals surface area (Å²) in [7, 11) is 0. The molecule has 0 spiro atoms. The van der Waals surface area contributed by atoms with Crippen molar-refractivity contribution in [3.05, 3.63) is 10.4 Å². The molecule has 10 atom stereocenters. The molecule has 2 aliphatic rings. The standard InChI is InChI=1S/C12H21N3O10/c13-15-14-5-3(1-16)23-11(9(21)7(5)19)25-12-10(22)8(20)6(18)4(2-17)24-12/h3-12,16-22H,1-2H2/t3-,4?,5+,6?,7+,8?,9-,10?,11-,12?/m1/s1. The van der Waals surface area contributed by atoms with Gasteiger partial charge in [0.2, 0.25) is 0 Å². The Morgan fingerprint density at radius 3 is 1.84 bits per heavy atom. The van der Waals surface area contributed by atoms with E-state index in [9.17, 15) is 30.6 Å². The molecule has 2 saturated heterocycles. The Labute approximate surface area is 141 Å². The zero-order chi connectivity index (χ0) is 18.7. The molecule has 0 bridgehead atoms. The summed E-state index contributed by atoms with van der Waals surface area (Å²) in [5.41, 5.74) is 8.48. The minimum atomic E-state index is -1.74. The van der Waals surface area contributed by atoms with Crippen LogP contribution in [0.1, 0.15) is 0 Å². The molecule has 7 N–H and O–H groups in total. The van der Waals surface area contributed by atoms with Crippen LogP contribution in [0.4, 0.5) is 0 Å². The second kappa shape index (κ2) is 8.53. The van der Waals surface area contributed by atoms with Crippen LogP contribution >= 0.6 is 0 Å². The minimum Gasteiger partial charge on any atom is -0.394 e. The molecule has 0 aromatic carbocycles. The first-order valence-corrected chi connectivity index (χ1v) is 7.48. The van der Waals surface area contributed by atoms with Crippen LogP contribution in [0.2, 0.25) is 0 Å². The number of aliphatic hydroxyl groups is 7. The van der Waals surface area contributed by atoms with Gasteiger partial charge in [0.25, 0.3) is 0 Å². The van der Waals surface area contributed by atoms with Crippen LogP contribution in [0, 0.1) is 0 Å². The van der Waals surface area contributed by atoms with Crippen LogP contribution in [0.5, 0.6) is 0 Å². The van der Waals surface area contributed by atoms with Gasteiger partial charge in [0.05, 0.1) is 31.5 Å². The van der Waals surface area contributed by atoms with Crippen LogP contribution in [0.15, 0.2) is 5.11 Å². The van der Waals surface area contributed by atoms with Crippen LogP contribution in [0.3, 0.4) is 0 Å². The lowest BCUT2D eigenvalue weighted by molar-refractivity contribution is -0.368. The number of aliphatic hydroxyl groups excluding tert-OH is 7. The molecule has 0 aliphatic carbocycles. The molecule has 13 heteroatoms. The van der Waals surface area contributed by atoms with Crippen molar-refractivity contribution in [3.63, 3.8) is 0 Å². The van der Waals surface area contributed by atoms with Crippen LogP contribution < -0.4 is 0 Å². The third-order valence-corrected chi connectivity index (χ3v) is 4.15. The fraction of sp³-hybridized carbons (Fsp3) is 1.00. The third-order valence-electron chi connectivity index (χ3n) is 4.15. The molecular weight excluding hydrogens is 346 g/mol. The van der Waals surface area contributed by atoms with E-state index in [1.165, 1.54) is 0 Å². The normalized spacial score (nSPS) is 48.0. The lowest BCUT2D eigenvalue weighted by Gasteiger charge is -2.44. The van der Waals surface area contributed by atoms with E-state index in [0.29, 0.717) is 0 Å². The quantitative estimate of drug-likeness (QED) is 0.141. The first-order chi connectivity index (χ1) is 11.8. The first kappa shape index (κ1) is 20.2. The summed E-state index contributed by atoms with van der Waals surface area (Å²) in [5, 5.41) is 71.0. The zero-order valence-corrected chi connectivity index (χ0v) is 12.9. The lowest BCUT2D eigenvalue weighted by atomic mass is 9.97. The Morgan fingerprint density at radius 1 is 0.800 bits per heavy atom. The van der Waals surface area contributed by atoms with Crippen molar-refractivity contribution in [3.8, 4) is 0 Å². The summed E-state index contributed by atoms with van der Waals surface area (Å²) in [6, 6.07) is -1.28. The number of nitrogens with zero attached hydrogens (tertiary/aromatic N) is 3. The molecule has 2 heterocycles. The van der Waals surface area contributed by atoms with Gasteiger partial charge in [0.1, 0.15) is 30.5 Å². The van der Waals surface area contributed by atoms with E-state index in [0.717, 1.165) is 0 Å². The van der Waals surface area contributed by atoms with Crippen LogP contribution in [-0.4, -0.2) is 110 Å². The van der Waals surface area contributed by atoms with E-state index < -0.39 is 74.6 Å². The Morgan fingerprint density at radius 2 is 1.32 bits per heavy atom. The number of hydrogen-bond donors (Lipinski definition) is 7. The lowest BCUT2D eigenvalue weighted by Crippen LogP contribution is -2.63. The summed E-state index contributed by atoms with van der Waals surface area (Å²) < 4.78 is 15.5. The van der Waals surface area contributed by atoms with E-state index in [1.807, 2.05) is 0 Å². The molecule has 0 amide bonds. The SMILES string of the molecule is [N-]=[N+]=N[C@@H]1[C@H](O)[C@@H](O)[C@@H](OC2OC(CO)C(O)C(O)C2O)O[C@@H]1CO. The van der Waals surface area contributed by atoms with Gasteiger partial charge in [-0.05, 0) is 5.53 Å². The Bertz CT molecular complexity index is 488. The average molecular weight is 367 g/mol. The molecule has 0 aromatic heterocycles. The summed E-state index contributed by atoms with van der Waals surface area (Å²) in [6.07, 6.45) is -14.1. The monoisotopic (exact) mass is 367 g/mol. The van der Waals surface area contributed by atoms with Crippen molar-refractivity contribution in [1.29, 1.82) is 0 Å². The van der Waals surface area contributed by atoms with Gasteiger partial charge in [0.15, 0.2) is 12.6 Å². The van der Waals surface area contributed by atoms with Crippen molar-refractivity contribution in [2.45, 2.75) is 61.3 Å². The van der Waals surface area contributed by atoms with Gasteiger partial charge in [-0.1, -0.05) is 5.11 Å². The molecule has 0 radical (unpaired) electrons. The van der Waals surface area contributed by atoms with E-state index in [2.05, 4.69) is 10.0 Å². The Balaban J connectivity index is 2.12. The average Bonchev–Trinajstić information content (AvgIpc) is 2.61. The predicted octanol–water partition coefficient (Wildman–Crippen LogP) is -4.08. The molecule has 25 heavy (non-hydrogen) atoms. The molecule has 0 aromatic rings. The van der Waals surface area contributed by atoms with Crippen molar-refractivity contribution < 1.29 is 50.0 Å². The number of azide groups is 1. The van der Waals surface area contributed by atoms with Gasteiger partial charge >= 0.3 is 0 Å². The minimum absolute atomic E-state index is 0.665. The number of hydrogen-bond acceptors (Lipinski definition) is 11. The van der Waals surface area contributed by atoms with E-state index >= 15 is 0 Å². The van der Waals surface area contributed by atoms with Gasteiger partial charge < -0.3 is 50.0 Å². The second-order valence-electron chi connectivity index (χ2n) is 5.74. The summed E-state index contributed by atoms with van der Waals surface area (Å²) in [4.78, 5) is 2.50. The maximum Gasteiger partial charge on any atom is 0.189 e. The van der Waals surface area contributed by atoms with Crippen LogP contribution in [-0.2, 0) is 14.2 Å². The first-order valence-electron chi connectivity index (χ1n) is 7.48. The van der Waals surface area contributed by atoms with E-state index in [4.69, 9.17) is 24.8 Å².